The maximum atomic E-state index is 12.6. The van der Waals surface area contributed by atoms with E-state index in [-0.39, 0.29) is 5.56 Å². The van der Waals surface area contributed by atoms with E-state index in [9.17, 15) is 4.79 Å². The first kappa shape index (κ1) is 17.6. The van der Waals surface area contributed by atoms with Gasteiger partial charge in [0.05, 0.1) is 12.0 Å². The molecule has 0 bridgehead atoms. The van der Waals surface area contributed by atoms with E-state index in [2.05, 4.69) is 11.9 Å². The van der Waals surface area contributed by atoms with E-state index >= 15 is 0 Å². The number of thioether (sulfide) groups is 1. The van der Waals surface area contributed by atoms with Crippen LogP contribution in [0.3, 0.4) is 0 Å². The van der Waals surface area contributed by atoms with Crippen molar-refractivity contribution in [1.82, 2.24) is 9.97 Å². The highest BCUT2D eigenvalue weighted by Gasteiger charge is 2.23. The normalized spacial score (nSPS) is 16.6. The number of hydrogen-bond donors (Lipinski definition) is 1. The number of H-pyrrole nitrogens is 1. The lowest BCUT2D eigenvalue weighted by Crippen LogP contribution is -2.13. The lowest BCUT2D eigenvalue weighted by molar-refractivity contribution is 0.343. The summed E-state index contributed by atoms with van der Waals surface area (Å²) in [6, 6.07) is 8.02. The third-order valence-electron chi connectivity index (χ3n) is 4.72. The summed E-state index contributed by atoms with van der Waals surface area (Å²) in [6.45, 7) is 4.90. The number of rotatable bonds is 5. The van der Waals surface area contributed by atoms with Gasteiger partial charge in [-0.1, -0.05) is 30.8 Å². The van der Waals surface area contributed by atoms with Crippen LogP contribution in [0.4, 0.5) is 0 Å². The van der Waals surface area contributed by atoms with E-state index in [1.165, 1.54) is 27.8 Å². The van der Waals surface area contributed by atoms with E-state index in [0.29, 0.717) is 17.7 Å². The van der Waals surface area contributed by atoms with Crippen LogP contribution in [0.5, 0.6) is 5.75 Å². The topological polar surface area (TPSA) is 55.0 Å². The molecule has 0 saturated heterocycles. The van der Waals surface area contributed by atoms with Crippen molar-refractivity contribution >= 4 is 33.3 Å². The van der Waals surface area contributed by atoms with Crippen molar-refractivity contribution in [2.24, 2.45) is 5.92 Å². The number of aromatic nitrogens is 2. The van der Waals surface area contributed by atoms with E-state index in [4.69, 9.17) is 9.72 Å². The average molecular weight is 387 g/mol. The zero-order valence-corrected chi connectivity index (χ0v) is 16.6. The molecular weight excluding hydrogens is 364 g/mol. The Labute approximate surface area is 161 Å². The Hall–Kier alpha value is -1.79. The fraction of sp³-hybridized carbons (Fsp3) is 0.400. The van der Waals surface area contributed by atoms with Crippen LogP contribution in [-0.4, -0.2) is 22.3 Å². The first-order chi connectivity index (χ1) is 12.6. The Morgan fingerprint density at radius 2 is 2.31 bits per heavy atom. The number of benzene rings is 1. The third kappa shape index (κ3) is 3.67. The van der Waals surface area contributed by atoms with Crippen LogP contribution in [0, 0.1) is 12.8 Å². The molecular formula is C20H22N2O2S2. The van der Waals surface area contributed by atoms with Gasteiger partial charge in [0.2, 0.25) is 0 Å². The summed E-state index contributed by atoms with van der Waals surface area (Å²) in [7, 11) is 0. The second-order valence-corrected chi connectivity index (χ2v) is 9.08. The largest absolute Gasteiger partial charge is 0.493 e. The Bertz CT molecular complexity index is 993. The van der Waals surface area contributed by atoms with Crippen LogP contribution < -0.4 is 10.3 Å². The molecule has 2 aromatic heterocycles. The molecule has 4 rings (SSSR count). The summed E-state index contributed by atoms with van der Waals surface area (Å²) < 4.78 is 5.77. The van der Waals surface area contributed by atoms with Gasteiger partial charge in [0.1, 0.15) is 10.6 Å². The molecule has 0 aliphatic heterocycles. The van der Waals surface area contributed by atoms with Crippen molar-refractivity contribution in [2.75, 3.05) is 12.4 Å². The van der Waals surface area contributed by atoms with Crippen molar-refractivity contribution in [3.63, 3.8) is 0 Å². The maximum absolute atomic E-state index is 12.6. The molecule has 0 saturated carbocycles. The van der Waals surface area contributed by atoms with Gasteiger partial charge in [-0.05, 0) is 55.4 Å². The predicted molar refractivity (Wildman–Crippen MR) is 109 cm³/mol. The van der Waals surface area contributed by atoms with Crippen LogP contribution in [0.2, 0.25) is 0 Å². The molecule has 6 heteroatoms. The van der Waals surface area contributed by atoms with Crippen molar-refractivity contribution in [1.29, 1.82) is 0 Å². The Morgan fingerprint density at radius 3 is 3.15 bits per heavy atom. The number of aromatic amines is 1. The number of hydrogen-bond acceptors (Lipinski definition) is 5. The highest BCUT2D eigenvalue weighted by molar-refractivity contribution is 7.99. The quantitative estimate of drug-likeness (QED) is 0.396. The number of ether oxygens (including phenoxy) is 1. The van der Waals surface area contributed by atoms with Gasteiger partial charge in [-0.15, -0.1) is 11.3 Å². The monoisotopic (exact) mass is 386 g/mol. The maximum Gasteiger partial charge on any atom is 0.260 e. The van der Waals surface area contributed by atoms with E-state index in [0.717, 1.165) is 41.0 Å². The highest BCUT2D eigenvalue weighted by atomic mass is 32.2. The lowest BCUT2D eigenvalue weighted by atomic mass is 9.89. The van der Waals surface area contributed by atoms with Gasteiger partial charge in [-0.3, -0.25) is 4.79 Å². The fourth-order valence-electron chi connectivity index (χ4n) is 3.40. The molecule has 0 amide bonds. The van der Waals surface area contributed by atoms with Gasteiger partial charge >= 0.3 is 0 Å². The minimum Gasteiger partial charge on any atom is -0.493 e. The van der Waals surface area contributed by atoms with Gasteiger partial charge in [0, 0.05) is 10.6 Å². The number of nitrogens with one attached hydrogen (secondary N) is 1. The predicted octanol–water partition coefficient (Wildman–Crippen LogP) is 4.59. The minimum atomic E-state index is 0.00385. The standard InChI is InChI=1S/C20H22N2O2S2/c1-12-4-3-5-14(10-12)24-8-9-25-20-21-18(23)17-15-7-6-13(2)11-16(15)26-19(17)22-20/h3-5,10,13H,6-9,11H2,1-2H3,(H,21,22,23). The van der Waals surface area contributed by atoms with Gasteiger partial charge < -0.3 is 9.72 Å². The van der Waals surface area contributed by atoms with Crippen molar-refractivity contribution in [3.8, 4) is 5.75 Å². The average Bonchev–Trinajstić information content (AvgIpc) is 2.96. The van der Waals surface area contributed by atoms with Crippen LogP contribution in [0.25, 0.3) is 10.2 Å². The lowest BCUT2D eigenvalue weighted by Gasteiger charge is -2.17. The van der Waals surface area contributed by atoms with Crippen LogP contribution in [0.1, 0.15) is 29.3 Å². The minimum absolute atomic E-state index is 0.00385. The molecule has 1 N–H and O–H groups in total. The fourth-order valence-corrected chi connectivity index (χ4v) is 5.52. The molecule has 1 aliphatic rings. The molecule has 26 heavy (non-hydrogen) atoms. The summed E-state index contributed by atoms with van der Waals surface area (Å²) in [5.41, 5.74) is 2.42. The zero-order valence-electron chi connectivity index (χ0n) is 15.0. The van der Waals surface area contributed by atoms with Crippen molar-refractivity contribution in [2.45, 2.75) is 38.3 Å². The van der Waals surface area contributed by atoms with Gasteiger partial charge in [0.25, 0.3) is 5.56 Å². The van der Waals surface area contributed by atoms with Crippen LogP contribution in [0.15, 0.2) is 34.2 Å². The van der Waals surface area contributed by atoms with Gasteiger partial charge in [-0.25, -0.2) is 4.98 Å². The third-order valence-corrected chi connectivity index (χ3v) is 6.71. The van der Waals surface area contributed by atoms with Crippen LogP contribution >= 0.6 is 23.1 Å². The van der Waals surface area contributed by atoms with Crippen molar-refractivity contribution in [3.05, 3.63) is 50.6 Å². The van der Waals surface area contributed by atoms with E-state index in [1.807, 2.05) is 31.2 Å². The number of aryl methyl sites for hydroxylation is 2. The second kappa shape index (κ2) is 7.45. The number of nitrogens with zero attached hydrogens (tertiary/aromatic N) is 1. The first-order valence-corrected chi connectivity index (χ1v) is 10.8. The summed E-state index contributed by atoms with van der Waals surface area (Å²) in [5.74, 6) is 2.31. The molecule has 0 radical (unpaired) electrons. The Balaban J connectivity index is 1.45. The van der Waals surface area contributed by atoms with E-state index in [1.54, 1.807) is 11.3 Å². The molecule has 1 aliphatic carbocycles. The molecule has 1 unspecified atom stereocenters. The molecule has 2 heterocycles. The summed E-state index contributed by atoms with van der Waals surface area (Å²) >= 11 is 3.23. The summed E-state index contributed by atoms with van der Waals surface area (Å²) in [6.07, 6.45) is 3.23. The molecule has 1 atom stereocenters. The molecule has 0 spiro atoms. The van der Waals surface area contributed by atoms with Crippen LogP contribution in [-0.2, 0) is 12.8 Å². The highest BCUT2D eigenvalue weighted by Crippen LogP contribution is 2.36. The molecule has 4 nitrogen and oxygen atoms in total. The summed E-state index contributed by atoms with van der Waals surface area (Å²) in [4.78, 5) is 22.5. The number of fused-ring (bicyclic) bond motifs is 3. The van der Waals surface area contributed by atoms with Gasteiger partial charge in [-0.2, -0.15) is 0 Å². The van der Waals surface area contributed by atoms with Gasteiger partial charge in [0.15, 0.2) is 5.16 Å². The smallest absolute Gasteiger partial charge is 0.260 e. The molecule has 3 aromatic rings. The second-order valence-electron chi connectivity index (χ2n) is 6.92. The van der Waals surface area contributed by atoms with E-state index < -0.39 is 0 Å². The Kier molecular flexibility index (Phi) is 5.05. The number of thiophene rings is 1. The summed E-state index contributed by atoms with van der Waals surface area (Å²) in [5, 5.41) is 1.50. The zero-order chi connectivity index (χ0) is 18.1. The molecule has 1 aromatic carbocycles. The Morgan fingerprint density at radius 1 is 1.42 bits per heavy atom. The molecule has 136 valence electrons. The van der Waals surface area contributed by atoms with Crippen molar-refractivity contribution < 1.29 is 4.74 Å². The SMILES string of the molecule is Cc1cccc(OCCSc2nc3sc4c(c3c(=O)[nH]2)CCC(C)C4)c1. The first-order valence-electron chi connectivity index (χ1n) is 8.97. The molecule has 0 fully saturated rings.